The van der Waals surface area contributed by atoms with Crippen LogP contribution in [0.1, 0.15) is 32.3 Å². The molecule has 0 amide bonds. The van der Waals surface area contributed by atoms with E-state index in [1.807, 2.05) is 30.3 Å². The zero-order valence-electron chi connectivity index (χ0n) is 11.3. The summed E-state index contributed by atoms with van der Waals surface area (Å²) in [6.07, 6.45) is 0.548. The molecule has 19 heavy (non-hydrogen) atoms. The number of hydrogen-bond donors (Lipinski definition) is 0. The first-order valence-electron chi connectivity index (χ1n) is 6.32. The Labute approximate surface area is 112 Å². The Morgan fingerprint density at radius 1 is 1.37 bits per heavy atom. The molecular weight excluding hydrogens is 246 g/mol. The molecule has 0 aliphatic carbocycles. The SMILES string of the molecule is CCOC(=O)CCC(C)(Cc1ccccc1)[N+](=O)[O-]. The molecule has 104 valence electrons. The molecule has 0 saturated carbocycles. The Morgan fingerprint density at radius 2 is 2.00 bits per heavy atom. The van der Waals surface area contributed by atoms with Crippen molar-refractivity contribution < 1.29 is 14.5 Å². The van der Waals surface area contributed by atoms with Crippen molar-refractivity contribution in [3.8, 4) is 0 Å². The van der Waals surface area contributed by atoms with Crippen LogP contribution in [-0.4, -0.2) is 23.0 Å². The zero-order valence-corrected chi connectivity index (χ0v) is 11.3. The molecule has 0 saturated heterocycles. The molecule has 1 atom stereocenters. The maximum atomic E-state index is 11.3. The third-order valence-corrected chi connectivity index (χ3v) is 3.04. The maximum Gasteiger partial charge on any atom is 0.306 e. The van der Waals surface area contributed by atoms with E-state index in [4.69, 9.17) is 4.74 Å². The van der Waals surface area contributed by atoms with Crippen LogP contribution in [0.15, 0.2) is 30.3 Å². The standard InChI is InChI=1S/C14H19NO4/c1-3-19-13(16)9-10-14(2,15(17)18)11-12-7-5-4-6-8-12/h4-8H,3,9-11H2,1-2H3. The number of rotatable bonds is 7. The van der Waals surface area contributed by atoms with Gasteiger partial charge in [-0.05, 0) is 12.5 Å². The van der Waals surface area contributed by atoms with E-state index in [9.17, 15) is 14.9 Å². The highest BCUT2D eigenvalue weighted by atomic mass is 16.6. The minimum Gasteiger partial charge on any atom is -0.466 e. The lowest BCUT2D eigenvalue weighted by Crippen LogP contribution is -2.38. The Kier molecular flexibility index (Phi) is 5.48. The van der Waals surface area contributed by atoms with Gasteiger partial charge in [-0.25, -0.2) is 0 Å². The van der Waals surface area contributed by atoms with Gasteiger partial charge in [0.15, 0.2) is 0 Å². The lowest BCUT2D eigenvalue weighted by molar-refractivity contribution is -0.566. The molecule has 0 heterocycles. The van der Waals surface area contributed by atoms with Crippen molar-refractivity contribution in [2.75, 3.05) is 6.61 Å². The van der Waals surface area contributed by atoms with Gasteiger partial charge < -0.3 is 4.74 Å². The van der Waals surface area contributed by atoms with E-state index in [2.05, 4.69) is 0 Å². The summed E-state index contributed by atoms with van der Waals surface area (Å²) >= 11 is 0. The predicted molar refractivity (Wildman–Crippen MR) is 71.4 cm³/mol. The second-order valence-corrected chi connectivity index (χ2v) is 4.72. The quantitative estimate of drug-likeness (QED) is 0.431. The van der Waals surface area contributed by atoms with Gasteiger partial charge in [0.05, 0.1) is 13.0 Å². The molecule has 1 rings (SSSR count). The van der Waals surface area contributed by atoms with Crippen molar-refractivity contribution >= 4 is 5.97 Å². The molecule has 5 nitrogen and oxygen atoms in total. The highest BCUT2D eigenvalue weighted by molar-refractivity contribution is 5.69. The van der Waals surface area contributed by atoms with Gasteiger partial charge >= 0.3 is 5.97 Å². The minimum absolute atomic E-state index is 0.0676. The van der Waals surface area contributed by atoms with Crippen LogP contribution in [0.2, 0.25) is 0 Å². The number of carbonyl (C=O) groups excluding carboxylic acids is 1. The average Bonchev–Trinajstić information content (AvgIpc) is 2.38. The van der Waals surface area contributed by atoms with Crippen LogP contribution < -0.4 is 0 Å². The van der Waals surface area contributed by atoms with Crippen molar-refractivity contribution in [1.29, 1.82) is 0 Å². The molecule has 1 aromatic carbocycles. The third-order valence-electron chi connectivity index (χ3n) is 3.04. The van der Waals surface area contributed by atoms with E-state index in [1.165, 1.54) is 0 Å². The first kappa shape index (κ1) is 15.1. The number of benzene rings is 1. The lowest BCUT2D eigenvalue weighted by atomic mass is 9.89. The molecule has 0 spiro atoms. The fraction of sp³-hybridized carbons (Fsp3) is 0.500. The van der Waals surface area contributed by atoms with Gasteiger partial charge in [-0.15, -0.1) is 0 Å². The van der Waals surface area contributed by atoms with E-state index in [0.29, 0.717) is 13.0 Å². The summed E-state index contributed by atoms with van der Waals surface area (Å²) in [4.78, 5) is 22.3. The summed E-state index contributed by atoms with van der Waals surface area (Å²) in [5, 5.41) is 11.2. The van der Waals surface area contributed by atoms with E-state index in [-0.39, 0.29) is 23.7 Å². The summed E-state index contributed by atoms with van der Waals surface area (Å²) < 4.78 is 4.81. The summed E-state index contributed by atoms with van der Waals surface area (Å²) in [5.74, 6) is -0.386. The van der Waals surface area contributed by atoms with Crippen LogP contribution in [0, 0.1) is 10.1 Å². The second-order valence-electron chi connectivity index (χ2n) is 4.72. The first-order valence-corrected chi connectivity index (χ1v) is 6.32. The molecule has 5 heteroatoms. The van der Waals surface area contributed by atoms with Crippen LogP contribution in [0.3, 0.4) is 0 Å². The van der Waals surface area contributed by atoms with Gasteiger partial charge in [0.2, 0.25) is 5.54 Å². The molecule has 0 N–H and O–H groups in total. The summed E-state index contributed by atoms with van der Waals surface area (Å²) in [5.41, 5.74) is -0.251. The monoisotopic (exact) mass is 265 g/mol. The Morgan fingerprint density at radius 3 is 2.53 bits per heavy atom. The van der Waals surface area contributed by atoms with Gasteiger partial charge in [-0.1, -0.05) is 30.3 Å². The molecule has 0 aliphatic rings. The summed E-state index contributed by atoms with van der Waals surface area (Å²) in [7, 11) is 0. The number of ether oxygens (including phenoxy) is 1. The normalized spacial score (nSPS) is 13.6. The Bertz CT molecular complexity index is 432. The van der Waals surface area contributed by atoms with Gasteiger partial charge in [0.1, 0.15) is 0 Å². The van der Waals surface area contributed by atoms with Gasteiger partial charge in [-0.2, -0.15) is 0 Å². The molecule has 1 unspecified atom stereocenters. The van der Waals surface area contributed by atoms with E-state index >= 15 is 0 Å². The van der Waals surface area contributed by atoms with E-state index in [1.54, 1.807) is 13.8 Å². The van der Waals surface area contributed by atoms with Crippen LogP contribution in [-0.2, 0) is 16.0 Å². The molecule has 1 aromatic rings. The topological polar surface area (TPSA) is 69.4 Å². The number of nitro groups is 1. The second kappa shape index (κ2) is 6.87. The highest BCUT2D eigenvalue weighted by Gasteiger charge is 2.37. The number of hydrogen-bond acceptors (Lipinski definition) is 4. The van der Waals surface area contributed by atoms with Crippen molar-refractivity contribution in [2.45, 2.75) is 38.6 Å². The first-order chi connectivity index (χ1) is 8.98. The number of carbonyl (C=O) groups is 1. The maximum absolute atomic E-state index is 11.3. The van der Waals surface area contributed by atoms with Crippen LogP contribution in [0.5, 0.6) is 0 Å². The van der Waals surface area contributed by atoms with Crippen LogP contribution in [0.4, 0.5) is 0 Å². The summed E-state index contributed by atoms with van der Waals surface area (Å²) in [6, 6.07) is 9.27. The number of nitrogens with zero attached hydrogens (tertiary/aromatic N) is 1. The predicted octanol–water partition coefficient (Wildman–Crippen LogP) is 2.61. The molecule has 0 aromatic heterocycles. The molecule has 0 bridgehead atoms. The van der Waals surface area contributed by atoms with Crippen LogP contribution in [0.25, 0.3) is 0 Å². The molecule has 0 radical (unpaired) electrons. The smallest absolute Gasteiger partial charge is 0.306 e. The third kappa shape index (κ3) is 4.69. The largest absolute Gasteiger partial charge is 0.466 e. The van der Waals surface area contributed by atoms with Crippen molar-refractivity contribution in [2.24, 2.45) is 0 Å². The molecular formula is C14H19NO4. The van der Waals surface area contributed by atoms with Gasteiger partial charge in [0, 0.05) is 24.7 Å². The number of esters is 1. The average molecular weight is 265 g/mol. The zero-order chi connectivity index (χ0) is 14.3. The van der Waals surface area contributed by atoms with Crippen LogP contribution >= 0.6 is 0 Å². The fourth-order valence-electron chi connectivity index (χ4n) is 1.88. The fourth-order valence-corrected chi connectivity index (χ4v) is 1.88. The van der Waals surface area contributed by atoms with Crippen molar-refractivity contribution in [3.05, 3.63) is 46.0 Å². The van der Waals surface area contributed by atoms with E-state index < -0.39 is 5.54 Å². The van der Waals surface area contributed by atoms with Gasteiger partial charge in [0.25, 0.3) is 0 Å². The van der Waals surface area contributed by atoms with Gasteiger partial charge in [-0.3, -0.25) is 14.9 Å². The van der Waals surface area contributed by atoms with Crippen molar-refractivity contribution in [1.82, 2.24) is 0 Å². The Balaban J connectivity index is 2.69. The molecule has 0 aliphatic heterocycles. The summed E-state index contributed by atoms with van der Waals surface area (Å²) in [6.45, 7) is 3.58. The lowest BCUT2D eigenvalue weighted by Gasteiger charge is -2.20. The Hall–Kier alpha value is -1.91. The van der Waals surface area contributed by atoms with Crippen molar-refractivity contribution in [3.63, 3.8) is 0 Å². The highest BCUT2D eigenvalue weighted by Crippen LogP contribution is 2.22. The minimum atomic E-state index is -1.14. The molecule has 0 fully saturated rings. The van der Waals surface area contributed by atoms with E-state index in [0.717, 1.165) is 5.56 Å².